The fourth-order valence-electron chi connectivity index (χ4n) is 1.71. The second-order valence-corrected chi connectivity index (χ2v) is 4.95. The third-order valence-corrected chi connectivity index (χ3v) is 3.16. The number of halogens is 1. The summed E-state index contributed by atoms with van der Waals surface area (Å²) in [6.45, 7) is 0. The fourth-order valence-corrected chi connectivity index (χ4v) is 2.07. The number of aromatic carboxylic acids is 1. The molecule has 0 aliphatic carbocycles. The summed E-state index contributed by atoms with van der Waals surface area (Å²) in [5.74, 6) is -1.07. The quantitative estimate of drug-likeness (QED) is 0.749. The summed E-state index contributed by atoms with van der Waals surface area (Å²) in [5, 5.41) is 21.0. The lowest BCUT2D eigenvalue weighted by Crippen LogP contribution is -2.03. The molecule has 0 aliphatic heterocycles. The van der Waals surface area contributed by atoms with Crippen molar-refractivity contribution in [2.75, 3.05) is 11.1 Å². The zero-order chi connectivity index (χ0) is 14.7. The van der Waals surface area contributed by atoms with Gasteiger partial charge in [-0.2, -0.15) is 5.26 Å². The maximum absolute atomic E-state index is 10.9. The van der Waals surface area contributed by atoms with Crippen molar-refractivity contribution in [2.24, 2.45) is 0 Å². The maximum Gasteiger partial charge on any atom is 0.337 e. The Morgan fingerprint density at radius 3 is 2.65 bits per heavy atom. The summed E-state index contributed by atoms with van der Waals surface area (Å²) in [7, 11) is 0. The van der Waals surface area contributed by atoms with Gasteiger partial charge in [-0.15, -0.1) is 0 Å². The molecule has 5 nitrogen and oxygen atoms in total. The number of anilines is 3. The van der Waals surface area contributed by atoms with Crippen molar-refractivity contribution < 1.29 is 9.90 Å². The van der Waals surface area contributed by atoms with E-state index in [-0.39, 0.29) is 11.3 Å². The molecule has 0 atom stereocenters. The molecule has 2 rings (SSSR count). The zero-order valence-electron chi connectivity index (χ0n) is 10.2. The molecule has 4 N–H and O–H groups in total. The van der Waals surface area contributed by atoms with Gasteiger partial charge in [-0.3, -0.25) is 0 Å². The van der Waals surface area contributed by atoms with Crippen LogP contribution in [-0.4, -0.2) is 11.1 Å². The Labute approximate surface area is 123 Å². The lowest BCUT2D eigenvalue weighted by Gasteiger charge is -2.10. The molecule has 0 saturated carbocycles. The molecule has 0 spiro atoms. The average molecular weight is 332 g/mol. The molecule has 0 amide bonds. The van der Waals surface area contributed by atoms with E-state index in [2.05, 4.69) is 27.3 Å². The topological polar surface area (TPSA) is 99.1 Å². The third kappa shape index (κ3) is 2.90. The lowest BCUT2D eigenvalue weighted by molar-refractivity contribution is 0.0698. The van der Waals surface area contributed by atoms with Gasteiger partial charge in [0.2, 0.25) is 0 Å². The number of nitrogen functional groups attached to an aromatic ring is 1. The zero-order valence-corrected chi connectivity index (χ0v) is 11.8. The SMILES string of the molecule is N#Cc1ccc(Br)cc1Nc1ccc(C(=O)O)c(N)c1. The first-order chi connectivity index (χ1) is 9.51. The highest BCUT2D eigenvalue weighted by Gasteiger charge is 2.09. The van der Waals surface area contributed by atoms with Crippen LogP contribution in [0.15, 0.2) is 40.9 Å². The largest absolute Gasteiger partial charge is 0.478 e. The first-order valence-electron chi connectivity index (χ1n) is 5.61. The summed E-state index contributed by atoms with van der Waals surface area (Å²) < 4.78 is 0.828. The van der Waals surface area contributed by atoms with Crippen molar-refractivity contribution in [3.63, 3.8) is 0 Å². The predicted molar refractivity (Wildman–Crippen MR) is 80.0 cm³/mol. The molecule has 2 aromatic carbocycles. The Balaban J connectivity index is 2.36. The summed E-state index contributed by atoms with van der Waals surface area (Å²) in [5.41, 5.74) is 7.60. The second-order valence-electron chi connectivity index (χ2n) is 4.03. The van der Waals surface area contributed by atoms with Crippen LogP contribution in [0.25, 0.3) is 0 Å². The Hall–Kier alpha value is -2.52. The number of nitrogens with zero attached hydrogens (tertiary/aromatic N) is 1. The summed E-state index contributed by atoms with van der Waals surface area (Å²) in [4.78, 5) is 10.9. The summed E-state index contributed by atoms with van der Waals surface area (Å²) in [6, 6.07) is 11.8. The molecule has 100 valence electrons. The molecule has 6 heteroatoms. The molecule has 0 saturated heterocycles. The molecular formula is C14H10BrN3O2. The number of benzene rings is 2. The third-order valence-electron chi connectivity index (χ3n) is 2.66. The monoisotopic (exact) mass is 331 g/mol. The van der Waals surface area contributed by atoms with E-state index in [0.717, 1.165) is 4.47 Å². The number of nitrogens with two attached hydrogens (primary N) is 1. The molecule has 0 aromatic heterocycles. The Morgan fingerprint density at radius 2 is 2.05 bits per heavy atom. The van der Waals surface area contributed by atoms with Crippen LogP contribution >= 0.6 is 15.9 Å². The first-order valence-corrected chi connectivity index (χ1v) is 6.40. The van der Waals surface area contributed by atoms with Crippen molar-refractivity contribution in [3.05, 3.63) is 52.0 Å². The average Bonchev–Trinajstić information content (AvgIpc) is 2.38. The normalized spacial score (nSPS) is 9.80. The van der Waals surface area contributed by atoms with Gasteiger partial charge in [0.15, 0.2) is 0 Å². The van der Waals surface area contributed by atoms with Crippen LogP contribution in [0.1, 0.15) is 15.9 Å². The van der Waals surface area contributed by atoms with Crippen molar-refractivity contribution in [1.29, 1.82) is 5.26 Å². The number of hydrogen-bond donors (Lipinski definition) is 3. The molecule has 0 radical (unpaired) electrons. The number of nitrogens with one attached hydrogen (secondary N) is 1. The highest BCUT2D eigenvalue weighted by Crippen LogP contribution is 2.26. The van der Waals surface area contributed by atoms with Gasteiger partial charge in [0, 0.05) is 15.8 Å². The lowest BCUT2D eigenvalue weighted by atomic mass is 10.1. The van der Waals surface area contributed by atoms with Gasteiger partial charge >= 0.3 is 5.97 Å². The van der Waals surface area contributed by atoms with Crippen LogP contribution < -0.4 is 11.1 Å². The van der Waals surface area contributed by atoms with Gasteiger partial charge in [-0.05, 0) is 36.4 Å². The molecule has 2 aromatic rings. The minimum atomic E-state index is -1.07. The van der Waals surface area contributed by atoms with E-state index in [4.69, 9.17) is 16.1 Å². The number of hydrogen-bond acceptors (Lipinski definition) is 4. The van der Waals surface area contributed by atoms with Crippen LogP contribution in [0.4, 0.5) is 17.1 Å². The fraction of sp³-hybridized carbons (Fsp3) is 0. The number of carboxylic acid groups (broad SMARTS) is 1. The number of carboxylic acids is 1. The van der Waals surface area contributed by atoms with Gasteiger partial charge < -0.3 is 16.2 Å². The molecule has 0 heterocycles. The standard InChI is InChI=1S/C14H10BrN3O2/c15-9-2-1-8(7-16)13(5-9)18-10-3-4-11(14(19)20)12(17)6-10/h1-6,18H,17H2,(H,19,20). The summed E-state index contributed by atoms with van der Waals surface area (Å²) >= 11 is 3.33. The first kappa shape index (κ1) is 13.9. The van der Waals surface area contributed by atoms with Crippen molar-refractivity contribution >= 4 is 39.0 Å². The molecular weight excluding hydrogens is 322 g/mol. The molecule has 0 fully saturated rings. The van der Waals surface area contributed by atoms with E-state index in [0.29, 0.717) is 16.9 Å². The Kier molecular flexibility index (Phi) is 3.91. The van der Waals surface area contributed by atoms with Gasteiger partial charge in [0.1, 0.15) is 6.07 Å². The molecule has 0 aliphatic rings. The van der Waals surface area contributed by atoms with Crippen LogP contribution in [-0.2, 0) is 0 Å². The van der Waals surface area contributed by atoms with Crippen LogP contribution in [0.5, 0.6) is 0 Å². The van der Waals surface area contributed by atoms with Gasteiger partial charge in [0.25, 0.3) is 0 Å². The van der Waals surface area contributed by atoms with Gasteiger partial charge in [0.05, 0.1) is 16.8 Å². The van der Waals surface area contributed by atoms with Crippen molar-refractivity contribution in [3.8, 4) is 6.07 Å². The number of carbonyl (C=O) groups is 1. The van der Waals surface area contributed by atoms with Crippen molar-refractivity contribution in [2.45, 2.75) is 0 Å². The maximum atomic E-state index is 10.9. The summed E-state index contributed by atoms with van der Waals surface area (Å²) in [6.07, 6.45) is 0. The minimum absolute atomic E-state index is 0.0466. The van der Waals surface area contributed by atoms with E-state index in [1.807, 2.05) is 0 Å². The highest BCUT2D eigenvalue weighted by molar-refractivity contribution is 9.10. The Morgan fingerprint density at radius 1 is 1.30 bits per heavy atom. The van der Waals surface area contributed by atoms with E-state index in [1.54, 1.807) is 24.3 Å². The minimum Gasteiger partial charge on any atom is -0.478 e. The van der Waals surface area contributed by atoms with E-state index in [1.165, 1.54) is 12.1 Å². The smallest absolute Gasteiger partial charge is 0.337 e. The van der Waals surface area contributed by atoms with Crippen LogP contribution in [0, 0.1) is 11.3 Å². The second kappa shape index (κ2) is 5.63. The van der Waals surface area contributed by atoms with E-state index in [9.17, 15) is 4.79 Å². The Bertz CT molecular complexity index is 723. The van der Waals surface area contributed by atoms with Crippen LogP contribution in [0.3, 0.4) is 0 Å². The van der Waals surface area contributed by atoms with Crippen LogP contribution in [0.2, 0.25) is 0 Å². The van der Waals surface area contributed by atoms with Crippen molar-refractivity contribution in [1.82, 2.24) is 0 Å². The van der Waals surface area contributed by atoms with Gasteiger partial charge in [-0.25, -0.2) is 4.79 Å². The molecule has 20 heavy (non-hydrogen) atoms. The number of rotatable bonds is 3. The number of nitriles is 1. The molecule has 0 bridgehead atoms. The highest BCUT2D eigenvalue weighted by atomic mass is 79.9. The molecule has 0 unspecified atom stereocenters. The van der Waals surface area contributed by atoms with E-state index >= 15 is 0 Å². The van der Waals surface area contributed by atoms with E-state index < -0.39 is 5.97 Å². The van der Waals surface area contributed by atoms with Gasteiger partial charge in [-0.1, -0.05) is 15.9 Å². The predicted octanol–water partition coefficient (Wildman–Crippen LogP) is 3.34.